The van der Waals surface area contributed by atoms with Crippen molar-refractivity contribution in [3.05, 3.63) is 0 Å². The Kier molecular flexibility index (Phi) is 3.85. The molecule has 0 saturated carbocycles. The molecule has 0 fully saturated rings. The molecule has 0 aromatic carbocycles. The van der Waals surface area contributed by atoms with Gasteiger partial charge in [0.1, 0.15) is 0 Å². The van der Waals surface area contributed by atoms with Gasteiger partial charge in [0.2, 0.25) is 0 Å². The van der Waals surface area contributed by atoms with Gasteiger partial charge in [-0.3, -0.25) is 0 Å². The van der Waals surface area contributed by atoms with E-state index in [-0.39, 0.29) is 0 Å². The Balaban J connectivity index is 2.63. The summed E-state index contributed by atoms with van der Waals surface area (Å²) in [5, 5.41) is 0.815. The van der Waals surface area contributed by atoms with E-state index >= 15 is 0 Å². The molecule has 0 radical (unpaired) electrons. The molecule has 0 aromatic rings. The van der Waals surface area contributed by atoms with Crippen molar-refractivity contribution in [2.45, 2.75) is 25.9 Å². The molecule has 0 N–H and O–H groups in total. The maximum atomic E-state index is 2.22. The second-order valence-corrected chi connectivity index (χ2v) is 3.36. The first-order chi connectivity index (χ1) is 2.77. The van der Waals surface area contributed by atoms with Gasteiger partial charge in [0.15, 0.2) is 6.56 Å². The third-order valence-corrected chi connectivity index (χ3v) is 1.50. The molecule has 0 bridgehead atoms. The zero-order chi connectivity index (χ0) is 4.99. The number of rotatable bonds is 2. The molecule has 0 aliphatic carbocycles. The first-order valence-electron chi connectivity index (χ1n) is 2.39. The lowest BCUT2D eigenvalue weighted by atomic mass is 10.2. The number of hydrogen-bond donors (Lipinski definition) is 0. The highest BCUT2D eigenvalue weighted by atomic mass is 32.2. The molecule has 0 aliphatic heterocycles. The summed E-state index contributed by atoms with van der Waals surface area (Å²) in [5.74, 6) is 0. The fraction of sp³-hybridized carbons (Fsp3) is 1.00. The van der Waals surface area contributed by atoms with E-state index in [9.17, 15) is 0 Å². The van der Waals surface area contributed by atoms with E-state index in [1.165, 1.54) is 6.56 Å². The van der Waals surface area contributed by atoms with Gasteiger partial charge >= 0.3 is 0 Å². The lowest BCUT2D eigenvalue weighted by Crippen LogP contribution is -1.86. The average molecular weight is 102 g/mol. The minimum Gasteiger partial charge on any atom is -0.212 e. The van der Waals surface area contributed by atoms with Crippen LogP contribution < -0.4 is 0 Å². The molecule has 6 heavy (non-hydrogen) atoms. The quantitative estimate of drug-likeness (QED) is 0.476. The summed E-state index contributed by atoms with van der Waals surface area (Å²) >= 11 is 1.99. The largest absolute Gasteiger partial charge is 0.212 e. The highest BCUT2D eigenvalue weighted by Gasteiger charge is 1.86. The summed E-state index contributed by atoms with van der Waals surface area (Å²) in [6, 6.07) is 0. The average Bonchev–Trinajstić information content (AvgIpc) is 1.35. The molecule has 2 heteroatoms. The Bertz CT molecular complexity index is 28.7. The van der Waals surface area contributed by atoms with Crippen molar-refractivity contribution in [3.8, 4) is 0 Å². The van der Waals surface area contributed by atoms with Crippen LogP contribution in [0.5, 0.6) is 0 Å². The van der Waals surface area contributed by atoms with Crippen LogP contribution in [0, 0.1) is 0 Å². The van der Waals surface area contributed by atoms with Crippen LogP contribution in [-0.2, 0) is 0 Å². The van der Waals surface area contributed by atoms with Crippen molar-refractivity contribution >= 4 is 18.2 Å². The van der Waals surface area contributed by atoms with Crippen LogP contribution in [0.2, 0.25) is 6.82 Å². The first kappa shape index (κ1) is 6.41. The van der Waals surface area contributed by atoms with Crippen molar-refractivity contribution in [2.75, 3.05) is 0 Å². The maximum Gasteiger partial charge on any atom is 0.188 e. The second kappa shape index (κ2) is 3.60. The normalized spacial score (nSPS) is 9.33. The van der Waals surface area contributed by atoms with Crippen molar-refractivity contribution in [2.24, 2.45) is 0 Å². The van der Waals surface area contributed by atoms with Gasteiger partial charge < -0.3 is 0 Å². The van der Waals surface area contributed by atoms with E-state index in [1.807, 2.05) is 11.6 Å². The third kappa shape index (κ3) is 4.41. The van der Waals surface area contributed by atoms with Gasteiger partial charge in [0.25, 0.3) is 0 Å². The Labute approximate surface area is 44.8 Å². The maximum absolute atomic E-state index is 2.22. The predicted molar refractivity (Wildman–Crippen MR) is 35.7 cm³/mol. The molecule has 0 nitrogen and oxygen atoms in total. The SMILES string of the molecule is CBSC(C)C. The fourth-order valence-electron chi connectivity index (χ4n) is 0.333. The molecule has 0 heterocycles. The predicted octanol–water partition coefficient (Wildman–Crippen LogP) is 1.53. The molecule has 0 unspecified atom stereocenters. The minimum absolute atomic E-state index is 0.815. The first-order valence-corrected chi connectivity index (χ1v) is 3.43. The van der Waals surface area contributed by atoms with Crippen LogP contribution in [-0.4, -0.2) is 11.8 Å². The molecule has 0 atom stereocenters. The van der Waals surface area contributed by atoms with Crippen LogP contribution in [0.3, 0.4) is 0 Å². The van der Waals surface area contributed by atoms with Gasteiger partial charge in [-0.05, 0) is 5.25 Å². The topological polar surface area (TPSA) is 0 Å². The fourth-order valence-corrected chi connectivity index (χ4v) is 1.00. The summed E-state index contributed by atoms with van der Waals surface area (Å²) in [4.78, 5) is 0. The van der Waals surface area contributed by atoms with Crippen molar-refractivity contribution in [1.82, 2.24) is 0 Å². The van der Waals surface area contributed by atoms with Gasteiger partial charge in [-0.25, -0.2) is 11.6 Å². The van der Waals surface area contributed by atoms with E-state index in [0.29, 0.717) is 0 Å². The Morgan fingerprint density at radius 3 is 2.00 bits per heavy atom. The van der Waals surface area contributed by atoms with Gasteiger partial charge in [0.05, 0.1) is 0 Å². The molecular formula is C4H11BS. The number of hydrogen-bond acceptors (Lipinski definition) is 1. The van der Waals surface area contributed by atoms with Crippen LogP contribution in [0.25, 0.3) is 0 Å². The summed E-state index contributed by atoms with van der Waals surface area (Å²) in [6.45, 7) is 7.87. The standard InChI is InChI=1S/C4H11BS/c1-4(2)6-5-3/h4-5H,1-3H3. The van der Waals surface area contributed by atoms with E-state index in [0.717, 1.165) is 5.25 Å². The summed E-state index contributed by atoms with van der Waals surface area (Å²) in [7, 11) is 0. The molecule has 36 valence electrons. The Hall–Kier alpha value is 0.415. The van der Waals surface area contributed by atoms with Gasteiger partial charge in [-0.2, -0.15) is 0 Å². The van der Waals surface area contributed by atoms with Gasteiger partial charge in [-0.1, -0.05) is 20.7 Å². The Morgan fingerprint density at radius 1 is 1.50 bits per heavy atom. The summed E-state index contributed by atoms with van der Waals surface area (Å²) < 4.78 is 0. The second-order valence-electron chi connectivity index (χ2n) is 1.50. The van der Waals surface area contributed by atoms with E-state index in [4.69, 9.17) is 0 Å². The van der Waals surface area contributed by atoms with Crippen LogP contribution >= 0.6 is 11.6 Å². The van der Waals surface area contributed by atoms with Crippen molar-refractivity contribution in [3.63, 3.8) is 0 Å². The lowest BCUT2D eigenvalue weighted by Gasteiger charge is -1.95. The van der Waals surface area contributed by atoms with E-state index in [1.54, 1.807) is 0 Å². The highest BCUT2D eigenvalue weighted by molar-refractivity contribution is 8.22. The summed E-state index contributed by atoms with van der Waals surface area (Å²) in [6.07, 6.45) is 0. The molecule has 0 spiro atoms. The molecule has 0 aromatic heterocycles. The molecule has 0 amide bonds. The van der Waals surface area contributed by atoms with Crippen molar-refractivity contribution in [1.29, 1.82) is 0 Å². The summed E-state index contributed by atoms with van der Waals surface area (Å²) in [5.41, 5.74) is 0. The van der Waals surface area contributed by atoms with Gasteiger partial charge in [0, 0.05) is 0 Å². The molecule has 0 aliphatic rings. The van der Waals surface area contributed by atoms with E-state index in [2.05, 4.69) is 20.7 Å². The van der Waals surface area contributed by atoms with E-state index < -0.39 is 0 Å². The molecule has 0 rings (SSSR count). The lowest BCUT2D eigenvalue weighted by molar-refractivity contribution is 1.12. The van der Waals surface area contributed by atoms with Crippen molar-refractivity contribution < 1.29 is 0 Å². The third-order valence-electron chi connectivity index (χ3n) is 0.500. The van der Waals surface area contributed by atoms with Crippen LogP contribution in [0.15, 0.2) is 0 Å². The van der Waals surface area contributed by atoms with Crippen LogP contribution in [0.4, 0.5) is 0 Å². The minimum atomic E-state index is 0.815. The zero-order valence-electron chi connectivity index (χ0n) is 4.69. The smallest absolute Gasteiger partial charge is 0.188 e. The zero-order valence-corrected chi connectivity index (χ0v) is 5.51. The van der Waals surface area contributed by atoms with Gasteiger partial charge in [-0.15, -0.1) is 0 Å². The monoisotopic (exact) mass is 102 g/mol. The molecule has 0 saturated heterocycles. The Morgan fingerprint density at radius 2 is 2.00 bits per heavy atom. The molecular weight excluding hydrogens is 90.9 g/mol. The van der Waals surface area contributed by atoms with Crippen LogP contribution in [0.1, 0.15) is 13.8 Å². The highest BCUT2D eigenvalue weighted by Crippen LogP contribution is 2.04.